The molecule has 1 aliphatic heterocycles. The molecule has 0 amide bonds. The first-order valence-corrected chi connectivity index (χ1v) is 11.7. The minimum absolute atomic E-state index is 0. The number of thiazole rings is 1. The Hall–Kier alpha value is -1.87. The van der Waals surface area contributed by atoms with Crippen molar-refractivity contribution in [2.75, 3.05) is 31.6 Å². The minimum Gasteiger partial charge on any atom is -0.372 e. The van der Waals surface area contributed by atoms with E-state index in [1.54, 1.807) is 11.3 Å². The van der Waals surface area contributed by atoms with Crippen LogP contribution >= 0.6 is 35.3 Å². The molecular formula is C24H32IN5S. The topological polar surface area (TPSA) is 52.6 Å². The molecule has 5 nitrogen and oxygen atoms in total. The van der Waals surface area contributed by atoms with Crippen LogP contribution in [0.15, 0.2) is 53.5 Å². The van der Waals surface area contributed by atoms with Crippen LogP contribution in [0.1, 0.15) is 42.8 Å². The van der Waals surface area contributed by atoms with Crippen molar-refractivity contribution in [3.63, 3.8) is 0 Å². The van der Waals surface area contributed by atoms with E-state index in [1.807, 2.05) is 13.1 Å². The van der Waals surface area contributed by atoms with Gasteiger partial charge in [0.1, 0.15) is 0 Å². The smallest absolute Gasteiger partial charge is 0.191 e. The van der Waals surface area contributed by atoms with Crippen LogP contribution in [0.2, 0.25) is 0 Å². The van der Waals surface area contributed by atoms with E-state index in [2.05, 4.69) is 69.9 Å². The molecule has 0 aliphatic carbocycles. The molecule has 0 spiro atoms. The minimum atomic E-state index is 0. The maximum atomic E-state index is 4.72. The number of halogens is 1. The van der Waals surface area contributed by atoms with Crippen LogP contribution in [0.25, 0.3) is 10.2 Å². The van der Waals surface area contributed by atoms with Gasteiger partial charge in [0.2, 0.25) is 0 Å². The first kappa shape index (κ1) is 23.8. The van der Waals surface area contributed by atoms with Gasteiger partial charge in [-0.3, -0.25) is 4.99 Å². The summed E-state index contributed by atoms with van der Waals surface area (Å²) in [7, 11) is 1.83. The van der Waals surface area contributed by atoms with Crippen molar-refractivity contribution in [2.45, 2.75) is 38.6 Å². The lowest BCUT2D eigenvalue weighted by Crippen LogP contribution is -2.39. The fraction of sp³-hybridized carbons (Fsp3) is 0.417. The van der Waals surface area contributed by atoms with Crippen LogP contribution in [0, 0.1) is 0 Å². The zero-order valence-corrected chi connectivity index (χ0v) is 21.5. The Kier molecular flexibility index (Phi) is 8.95. The summed E-state index contributed by atoms with van der Waals surface area (Å²) in [5, 5.41) is 8.18. The fourth-order valence-electron chi connectivity index (χ4n) is 3.92. The quantitative estimate of drug-likeness (QED) is 0.180. The number of nitrogens with zero attached hydrogens (tertiary/aromatic N) is 3. The Balaban J connectivity index is 0.00000272. The third-order valence-electron chi connectivity index (χ3n) is 5.62. The molecule has 2 heterocycles. The second-order valence-corrected chi connectivity index (χ2v) is 8.95. The number of para-hydroxylation sites is 1. The van der Waals surface area contributed by atoms with E-state index >= 15 is 0 Å². The van der Waals surface area contributed by atoms with Gasteiger partial charge < -0.3 is 15.5 Å². The molecule has 2 N–H and O–H groups in total. The van der Waals surface area contributed by atoms with E-state index in [0.29, 0.717) is 0 Å². The summed E-state index contributed by atoms with van der Waals surface area (Å²) in [6.45, 7) is 5.40. The molecule has 1 aliphatic rings. The zero-order valence-electron chi connectivity index (χ0n) is 18.3. The number of anilines is 1. The van der Waals surface area contributed by atoms with E-state index in [1.165, 1.54) is 46.9 Å². The maximum absolute atomic E-state index is 4.72. The number of aryl methyl sites for hydroxylation is 1. The van der Waals surface area contributed by atoms with Crippen LogP contribution in [0.4, 0.5) is 5.69 Å². The highest BCUT2D eigenvalue weighted by molar-refractivity contribution is 14.0. The average molecular weight is 550 g/mol. The van der Waals surface area contributed by atoms with Crippen molar-refractivity contribution in [3.05, 3.63) is 59.1 Å². The standard InChI is InChI=1S/C24H31N5S.HI/c1-18(19-9-7-10-20(17-19)29-15-5-6-16-29)27-24(25-2)26-14-8-13-23-28-21-11-3-4-12-22(21)30-23;/h3-4,7,9-12,17-18H,5-6,8,13-16H2,1-2H3,(H2,25,26,27);1H. The molecule has 7 heteroatoms. The number of guanidine groups is 1. The molecule has 4 rings (SSSR count). The van der Waals surface area contributed by atoms with E-state index in [-0.39, 0.29) is 30.0 Å². The second-order valence-electron chi connectivity index (χ2n) is 7.83. The van der Waals surface area contributed by atoms with Crippen LogP contribution in [-0.4, -0.2) is 37.6 Å². The summed E-state index contributed by atoms with van der Waals surface area (Å²) in [6.07, 6.45) is 4.60. The molecule has 1 saturated heterocycles. The SMILES string of the molecule is CN=C(NCCCc1nc2ccccc2s1)NC(C)c1cccc(N2CCCC2)c1.I. The molecule has 31 heavy (non-hydrogen) atoms. The highest BCUT2D eigenvalue weighted by Gasteiger charge is 2.14. The van der Waals surface area contributed by atoms with Crippen molar-refractivity contribution < 1.29 is 0 Å². The van der Waals surface area contributed by atoms with Crippen molar-refractivity contribution in [1.82, 2.24) is 15.6 Å². The Bertz CT molecular complexity index is 963. The number of aromatic nitrogens is 1. The summed E-state index contributed by atoms with van der Waals surface area (Å²) >= 11 is 1.79. The predicted molar refractivity (Wildman–Crippen MR) is 144 cm³/mol. The highest BCUT2D eigenvalue weighted by atomic mass is 127. The Morgan fingerprint density at radius 1 is 1.16 bits per heavy atom. The molecule has 2 aromatic carbocycles. The van der Waals surface area contributed by atoms with Crippen molar-refractivity contribution in [2.24, 2.45) is 4.99 Å². The molecule has 0 saturated carbocycles. The second kappa shape index (κ2) is 11.7. The van der Waals surface area contributed by atoms with E-state index < -0.39 is 0 Å². The van der Waals surface area contributed by atoms with Gasteiger partial charge in [-0.05, 0) is 56.0 Å². The van der Waals surface area contributed by atoms with Gasteiger partial charge in [0.05, 0.1) is 21.3 Å². The molecule has 166 valence electrons. The average Bonchev–Trinajstić information content (AvgIpc) is 3.45. The molecule has 3 aromatic rings. The number of fused-ring (bicyclic) bond motifs is 1. The van der Waals surface area contributed by atoms with Crippen LogP contribution in [0.5, 0.6) is 0 Å². The molecule has 0 radical (unpaired) electrons. The number of hydrogen-bond donors (Lipinski definition) is 2. The van der Waals surface area contributed by atoms with Crippen LogP contribution in [-0.2, 0) is 6.42 Å². The largest absolute Gasteiger partial charge is 0.372 e. The number of rotatable bonds is 7. The molecule has 1 unspecified atom stereocenters. The van der Waals surface area contributed by atoms with Gasteiger partial charge in [0.25, 0.3) is 0 Å². The van der Waals surface area contributed by atoms with Gasteiger partial charge in [0.15, 0.2) is 5.96 Å². The zero-order chi connectivity index (χ0) is 20.8. The van der Waals surface area contributed by atoms with E-state index in [9.17, 15) is 0 Å². The lowest BCUT2D eigenvalue weighted by molar-refractivity contribution is 0.673. The Morgan fingerprint density at radius 3 is 2.74 bits per heavy atom. The summed E-state index contributed by atoms with van der Waals surface area (Å²) in [4.78, 5) is 11.6. The number of nitrogens with one attached hydrogen (secondary N) is 2. The van der Waals surface area contributed by atoms with Gasteiger partial charge in [-0.2, -0.15) is 0 Å². The van der Waals surface area contributed by atoms with Crippen molar-refractivity contribution in [1.29, 1.82) is 0 Å². The first-order valence-electron chi connectivity index (χ1n) is 10.9. The van der Waals surface area contributed by atoms with E-state index in [0.717, 1.165) is 30.9 Å². The maximum Gasteiger partial charge on any atom is 0.191 e. The lowest BCUT2D eigenvalue weighted by atomic mass is 10.1. The summed E-state index contributed by atoms with van der Waals surface area (Å²) in [5.41, 5.74) is 3.72. The third-order valence-corrected chi connectivity index (χ3v) is 6.71. The first-order chi connectivity index (χ1) is 14.7. The molecule has 1 atom stereocenters. The van der Waals surface area contributed by atoms with Gasteiger partial charge in [0, 0.05) is 38.8 Å². The predicted octanol–water partition coefficient (Wildman–Crippen LogP) is 5.37. The van der Waals surface area contributed by atoms with Crippen molar-refractivity contribution in [3.8, 4) is 0 Å². The van der Waals surface area contributed by atoms with Crippen LogP contribution in [0.3, 0.4) is 0 Å². The Labute approximate surface area is 206 Å². The lowest BCUT2D eigenvalue weighted by Gasteiger charge is -2.22. The van der Waals surface area contributed by atoms with Gasteiger partial charge in [-0.1, -0.05) is 24.3 Å². The van der Waals surface area contributed by atoms with Crippen molar-refractivity contribution >= 4 is 57.2 Å². The number of aliphatic imine (C=N–C) groups is 1. The van der Waals surface area contributed by atoms with Gasteiger partial charge in [-0.25, -0.2) is 4.98 Å². The molecular weight excluding hydrogens is 517 g/mol. The van der Waals surface area contributed by atoms with Gasteiger partial charge in [-0.15, -0.1) is 35.3 Å². The monoisotopic (exact) mass is 549 g/mol. The van der Waals surface area contributed by atoms with Gasteiger partial charge >= 0.3 is 0 Å². The normalized spacial score (nSPS) is 15.0. The molecule has 0 bridgehead atoms. The third kappa shape index (κ3) is 6.32. The molecule has 1 aromatic heterocycles. The summed E-state index contributed by atoms with van der Waals surface area (Å²) < 4.78 is 1.27. The highest BCUT2D eigenvalue weighted by Crippen LogP contribution is 2.24. The number of hydrogen-bond acceptors (Lipinski definition) is 4. The molecule has 1 fully saturated rings. The Morgan fingerprint density at radius 2 is 1.97 bits per heavy atom. The summed E-state index contributed by atoms with van der Waals surface area (Å²) in [6, 6.07) is 17.4. The van der Waals surface area contributed by atoms with Crippen LogP contribution < -0.4 is 15.5 Å². The number of benzene rings is 2. The fourth-order valence-corrected chi connectivity index (χ4v) is 4.93. The van der Waals surface area contributed by atoms with E-state index in [4.69, 9.17) is 4.98 Å². The summed E-state index contributed by atoms with van der Waals surface area (Å²) in [5.74, 6) is 0.846.